The first-order valence-electron chi connectivity index (χ1n) is 7.81. The zero-order valence-electron chi connectivity index (χ0n) is 14.0. The summed E-state index contributed by atoms with van der Waals surface area (Å²) >= 11 is 0. The van der Waals surface area contributed by atoms with Gasteiger partial charge in [0.2, 0.25) is 5.91 Å². The maximum absolute atomic E-state index is 11.9. The number of amides is 1. The van der Waals surface area contributed by atoms with Crippen molar-refractivity contribution in [1.29, 1.82) is 0 Å². The quantitative estimate of drug-likeness (QED) is 0.693. The van der Waals surface area contributed by atoms with Crippen molar-refractivity contribution in [2.45, 2.75) is 25.8 Å². The number of ether oxygens (including phenoxy) is 1. The number of nitrogens with one attached hydrogen (secondary N) is 2. The molecule has 0 radical (unpaired) electrons. The van der Waals surface area contributed by atoms with Gasteiger partial charge in [0.15, 0.2) is 0 Å². The minimum absolute atomic E-state index is 0.00538. The highest BCUT2D eigenvalue weighted by molar-refractivity contribution is 5.90. The maximum atomic E-state index is 11.9. The summed E-state index contributed by atoms with van der Waals surface area (Å²) in [6, 6.07) is 12.9. The van der Waals surface area contributed by atoms with Crippen LogP contribution in [0.4, 0.5) is 11.5 Å². The van der Waals surface area contributed by atoms with Crippen LogP contribution < -0.4 is 15.4 Å². The first kappa shape index (κ1) is 17.7. The number of aliphatic hydroxyl groups is 1. The number of anilines is 2. The molecule has 0 saturated heterocycles. The van der Waals surface area contributed by atoms with Gasteiger partial charge >= 0.3 is 0 Å². The zero-order chi connectivity index (χ0) is 17.4. The molecule has 0 spiro atoms. The van der Waals surface area contributed by atoms with Crippen LogP contribution in [0, 0.1) is 0 Å². The highest BCUT2D eigenvalue weighted by atomic mass is 16.5. The maximum Gasteiger partial charge on any atom is 0.227 e. The summed E-state index contributed by atoms with van der Waals surface area (Å²) in [6.07, 6.45) is 1.83. The lowest BCUT2D eigenvalue weighted by atomic mass is 10.1. The second-order valence-corrected chi connectivity index (χ2v) is 6.06. The van der Waals surface area contributed by atoms with Crippen molar-refractivity contribution < 1.29 is 14.6 Å². The van der Waals surface area contributed by atoms with E-state index in [2.05, 4.69) is 15.6 Å². The molecule has 128 valence electrons. The first-order valence-corrected chi connectivity index (χ1v) is 7.81. The van der Waals surface area contributed by atoms with Crippen molar-refractivity contribution in [3.05, 3.63) is 48.7 Å². The average molecular weight is 329 g/mol. The fourth-order valence-corrected chi connectivity index (χ4v) is 1.93. The Kier molecular flexibility index (Phi) is 6.14. The molecule has 0 aliphatic rings. The largest absolute Gasteiger partial charge is 0.493 e. The van der Waals surface area contributed by atoms with Gasteiger partial charge in [0.25, 0.3) is 0 Å². The molecule has 6 heteroatoms. The molecule has 1 aromatic carbocycles. The lowest BCUT2D eigenvalue weighted by molar-refractivity contribution is -0.116. The number of rotatable bonds is 8. The molecule has 6 nitrogen and oxygen atoms in total. The summed E-state index contributed by atoms with van der Waals surface area (Å²) < 4.78 is 5.49. The highest BCUT2D eigenvalue weighted by Gasteiger charge is 2.16. The molecule has 2 aromatic rings. The molecule has 0 fully saturated rings. The van der Waals surface area contributed by atoms with E-state index in [4.69, 9.17) is 4.74 Å². The number of aromatic nitrogens is 1. The van der Waals surface area contributed by atoms with E-state index in [0.29, 0.717) is 18.1 Å². The van der Waals surface area contributed by atoms with Crippen molar-refractivity contribution in [2.75, 3.05) is 23.8 Å². The number of benzene rings is 1. The molecule has 24 heavy (non-hydrogen) atoms. The van der Waals surface area contributed by atoms with Crippen LogP contribution >= 0.6 is 0 Å². The lowest BCUT2D eigenvalue weighted by Crippen LogP contribution is -2.35. The number of aliphatic hydroxyl groups excluding tert-OH is 1. The molecule has 3 N–H and O–H groups in total. The third-order valence-corrected chi connectivity index (χ3v) is 3.25. The SMILES string of the molecule is CC(C)(CO)Nc1ccc(NC(=O)CCOc2ccccc2)cn1. The Morgan fingerprint density at radius 2 is 1.96 bits per heavy atom. The minimum Gasteiger partial charge on any atom is -0.493 e. The van der Waals surface area contributed by atoms with Crippen molar-refractivity contribution in [3.63, 3.8) is 0 Å². The highest BCUT2D eigenvalue weighted by Crippen LogP contribution is 2.15. The lowest BCUT2D eigenvalue weighted by Gasteiger charge is -2.24. The van der Waals surface area contributed by atoms with E-state index < -0.39 is 5.54 Å². The Morgan fingerprint density at radius 1 is 1.21 bits per heavy atom. The van der Waals surface area contributed by atoms with Gasteiger partial charge in [-0.1, -0.05) is 18.2 Å². The average Bonchev–Trinajstić information content (AvgIpc) is 2.57. The molecule has 0 saturated carbocycles. The number of hydrogen-bond donors (Lipinski definition) is 3. The van der Waals surface area contributed by atoms with Gasteiger partial charge in [-0.2, -0.15) is 0 Å². The Hall–Kier alpha value is -2.60. The van der Waals surface area contributed by atoms with E-state index in [1.54, 1.807) is 18.3 Å². The van der Waals surface area contributed by atoms with Crippen molar-refractivity contribution in [1.82, 2.24) is 4.98 Å². The molecule has 0 unspecified atom stereocenters. The molecule has 0 atom stereocenters. The topological polar surface area (TPSA) is 83.5 Å². The summed E-state index contributed by atoms with van der Waals surface area (Å²) in [6.45, 7) is 4.05. The zero-order valence-corrected chi connectivity index (χ0v) is 14.0. The predicted octanol–water partition coefficient (Wildman–Crippen LogP) is 2.67. The molecule has 1 aromatic heterocycles. The number of carbonyl (C=O) groups is 1. The van der Waals surface area contributed by atoms with Gasteiger partial charge in [0.05, 0.1) is 37.1 Å². The van der Waals surface area contributed by atoms with E-state index in [9.17, 15) is 9.90 Å². The van der Waals surface area contributed by atoms with Crippen LogP contribution in [0.15, 0.2) is 48.7 Å². The summed E-state index contributed by atoms with van der Waals surface area (Å²) in [5.41, 5.74) is 0.166. The number of para-hydroxylation sites is 1. The van der Waals surface area contributed by atoms with Crippen molar-refractivity contribution >= 4 is 17.4 Å². The summed E-state index contributed by atoms with van der Waals surface area (Å²) in [5.74, 6) is 1.25. The van der Waals surface area contributed by atoms with E-state index in [-0.39, 0.29) is 18.9 Å². The van der Waals surface area contributed by atoms with Crippen LogP contribution in [0.25, 0.3) is 0 Å². The van der Waals surface area contributed by atoms with E-state index in [1.165, 1.54) is 0 Å². The van der Waals surface area contributed by atoms with Crippen LogP contribution in [-0.4, -0.2) is 34.8 Å². The van der Waals surface area contributed by atoms with E-state index in [0.717, 1.165) is 5.75 Å². The first-order chi connectivity index (χ1) is 11.5. The van der Waals surface area contributed by atoms with Gasteiger partial charge in [-0.05, 0) is 38.1 Å². The summed E-state index contributed by atoms with van der Waals surface area (Å²) in [7, 11) is 0. The Morgan fingerprint density at radius 3 is 2.58 bits per heavy atom. The predicted molar refractivity (Wildman–Crippen MR) is 94.2 cm³/mol. The van der Waals surface area contributed by atoms with Crippen molar-refractivity contribution in [2.24, 2.45) is 0 Å². The third kappa shape index (κ3) is 5.89. The van der Waals surface area contributed by atoms with Gasteiger partial charge in [0.1, 0.15) is 11.6 Å². The van der Waals surface area contributed by atoms with Gasteiger partial charge in [0, 0.05) is 0 Å². The van der Waals surface area contributed by atoms with Crippen LogP contribution in [-0.2, 0) is 4.79 Å². The molecule has 0 bridgehead atoms. The second kappa shape index (κ2) is 8.31. The van der Waals surface area contributed by atoms with Crippen LogP contribution in [0.5, 0.6) is 5.75 Å². The molecule has 2 rings (SSSR count). The van der Waals surface area contributed by atoms with Crippen LogP contribution in [0.3, 0.4) is 0 Å². The van der Waals surface area contributed by atoms with Crippen LogP contribution in [0.2, 0.25) is 0 Å². The number of hydrogen-bond acceptors (Lipinski definition) is 5. The number of nitrogens with zero attached hydrogens (tertiary/aromatic N) is 1. The number of carbonyl (C=O) groups excluding carboxylic acids is 1. The van der Waals surface area contributed by atoms with Gasteiger partial charge in [-0.25, -0.2) is 4.98 Å². The molecule has 1 heterocycles. The Labute approximate surface area is 141 Å². The van der Waals surface area contributed by atoms with Gasteiger partial charge < -0.3 is 20.5 Å². The normalized spacial score (nSPS) is 11.0. The van der Waals surface area contributed by atoms with Crippen LogP contribution in [0.1, 0.15) is 20.3 Å². The minimum atomic E-state index is -0.452. The number of pyridine rings is 1. The fraction of sp³-hybridized carbons (Fsp3) is 0.333. The molecule has 0 aliphatic heterocycles. The van der Waals surface area contributed by atoms with Gasteiger partial charge in [-0.3, -0.25) is 4.79 Å². The molecule has 0 aliphatic carbocycles. The molecular formula is C18H23N3O3. The standard InChI is InChI=1S/C18H23N3O3/c1-18(2,13-22)21-16-9-8-14(12-19-16)20-17(23)10-11-24-15-6-4-3-5-7-15/h3-9,12,22H,10-11,13H2,1-2H3,(H,19,21)(H,20,23). The van der Waals surface area contributed by atoms with Gasteiger partial charge in [-0.15, -0.1) is 0 Å². The second-order valence-electron chi connectivity index (χ2n) is 6.06. The fourth-order valence-electron chi connectivity index (χ4n) is 1.93. The summed E-state index contributed by atoms with van der Waals surface area (Å²) in [5, 5.41) is 15.1. The Balaban J connectivity index is 1.77. The third-order valence-electron chi connectivity index (χ3n) is 3.25. The van der Waals surface area contributed by atoms with E-state index in [1.807, 2.05) is 44.2 Å². The van der Waals surface area contributed by atoms with Crippen molar-refractivity contribution in [3.8, 4) is 5.75 Å². The Bertz CT molecular complexity index is 642. The molecule has 1 amide bonds. The molecular weight excluding hydrogens is 306 g/mol. The van der Waals surface area contributed by atoms with E-state index >= 15 is 0 Å². The smallest absolute Gasteiger partial charge is 0.227 e. The summed E-state index contributed by atoms with van der Waals surface area (Å²) in [4.78, 5) is 16.1. The monoisotopic (exact) mass is 329 g/mol.